The van der Waals surface area contributed by atoms with Crippen molar-refractivity contribution in [1.29, 1.82) is 0 Å². The first-order chi connectivity index (χ1) is 15.9. The Kier molecular flexibility index (Phi) is 5.34. The molecule has 168 valence electrons. The molecule has 2 aromatic heterocycles. The summed E-state index contributed by atoms with van der Waals surface area (Å²) in [5.74, 6) is 0.872. The van der Waals surface area contributed by atoms with Crippen molar-refractivity contribution < 1.29 is 4.42 Å². The molecule has 5 rings (SSSR count). The molecule has 3 N–H and O–H groups in total. The lowest BCUT2D eigenvalue weighted by Gasteiger charge is -2.27. The molecule has 0 aliphatic carbocycles. The molecule has 0 saturated carbocycles. The van der Waals surface area contributed by atoms with Crippen molar-refractivity contribution in [3.63, 3.8) is 0 Å². The topological polar surface area (TPSA) is 105 Å². The summed E-state index contributed by atoms with van der Waals surface area (Å²) in [5.41, 5.74) is 10.8. The van der Waals surface area contributed by atoms with Gasteiger partial charge in [-0.25, -0.2) is 4.98 Å². The molecule has 33 heavy (non-hydrogen) atoms. The van der Waals surface area contributed by atoms with Crippen molar-refractivity contribution in [3.05, 3.63) is 91.7 Å². The van der Waals surface area contributed by atoms with Crippen LogP contribution in [0, 0.1) is 0 Å². The van der Waals surface area contributed by atoms with Crippen LogP contribution in [-0.2, 0) is 19.5 Å². The van der Waals surface area contributed by atoms with E-state index in [0.29, 0.717) is 65.6 Å². The second kappa shape index (κ2) is 8.33. The summed E-state index contributed by atoms with van der Waals surface area (Å²) >= 11 is 0. The third kappa shape index (κ3) is 4.07. The predicted octanol–water partition coefficient (Wildman–Crippen LogP) is 3.81. The number of anilines is 1. The maximum Gasteiger partial charge on any atom is 0.255 e. The van der Waals surface area contributed by atoms with E-state index >= 15 is 0 Å². The summed E-state index contributed by atoms with van der Waals surface area (Å²) in [4.78, 5) is 35.7. The van der Waals surface area contributed by atoms with Crippen LogP contribution in [0.1, 0.15) is 42.1 Å². The van der Waals surface area contributed by atoms with Crippen LogP contribution in [0.15, 0.2) is 62.7 Å². The lowest BCUT2D eigenvalue weighted by atomic mass is 10.0. The molecule has 0 fully saturated rings. The smallest absolute Gasteiger partial charge is 0.255 e. The predicted molar refractivity (Wildman–Crippen MR) is 129 cm³/mol. The van der Waals surface area contributed by atoms with Crippen molar-refractivity contribution in [1.82, 2.24) is 14.9 Å². The first-order valence-corrected chi connectivity index (χ1v) is 11.1. The van der Waals surface area contributed by atoms with E-state index < -0.39 is 0 Å². The minimum atomic E-state index is -0.149. The number of fused-ring (bicyclic) bond motifs is 2. The molecule has 0 atom stereocenters. The number of rotatable bonds is 4. The highest BCUT2D eigenvalue weighted by Gasteiger charge is 2.23. The molecular weight excluding hydrogens is 416 g/mol. The number of hydrogen-bond donors (Lipinski definition) is 2. The summed E-state index contributed by atoms with van der Waals surface area (Å²) in [6, 6.07) is 13.0. The molecular formula is C26H26N4O3. The summed E-state index contributed by atoms with van der Waals surface area (Å²) in [6.45, 7) is 5.75. The Morgan fingerprint density at radius 1 is 1.15 bits per heavy atom. The number of aromatic nitrogens is 2. The van der Waals surface area contributed by atoms with Gasteiger partial charge in [0.15, 0.2) is 5.43 Å². The lowest BCUT2D eigenvalue weighted by Crippen LogP contribution is -2.36. The van der Waals surface area contributed by atoms with Gasteiger partial charge in [0.1, 0.15) is 11.4 Å². The average molecular weight is 443 g/mol. The lowest BCUT2D eigenvalue weighted by molar-refractivity contribution is 0.239. The van der Waals surface area contributed by atoms with Gasteiger partial charge in [-0.15, -0.1) is 0 Å². The molecule has 1 aliphatic heterocycles. The summed E-state index contributed by atoms with van der Waals surface area (Å²) in [5, 5.41) is 0.601. The number of aromatic amines is 1. The van der Waals surface area contributed by atoms with Crippen molar-refractivity contribution in [2.45, 2.75) is 39.3 Å². The van der Waals surface area contributed by atoms with E-state index in [1.807, 2.05) is 30.3 Å². The van der Waals surface area contributed by atoms with E-state index in [-0.39, 0.29) is 11.0 Å². The SMILES string of the molecule is CC(C)c1ccc2occ(CN3CCc4nc(-c5ccc(N)cc5)[nH]c(=O)c4C3)c(=O)c2c1. The Morgan fingerprint density at radius 3 is 2.70 bits per heavy atom. The molecule has 0 unspecified atom stereocenters. The largest absolute Gasteiger partial charge is 0.464 e. The number of nitrogens with one attached hydrogen (secondary N) is 1. The van der Waals surface area contributed by atoms with Gasteiger partial charge in [-0.05, 0) is 47.9 Å². The number of H-pyrrole nitrogens is 1. The summed E-state index contributed by atoms with van der Waals surface area (Å²) in [7, 11) is 0. The van der Waals surface area contributed by atoms with Crippen LogP contribution in [0.4, 0.5) is 5.69 Å². The van der Waals surface area contributed by atoms with Crippen LogP contribution < -0.4 is 16.7 Å². The molecule has 0 radical (unpaired) electrons. The van der Waals surface area contributed by atoms with Crippen LogP contribution >= 0.6 is 0 Å². The molecule has 7 heteroatoms. The Balaban J connectivity index is 1.41. The Morgan fingerprint density at radius 2 is 1.94 bits per heavy atom. The normalized spacial score (nSPS) is 14.0. The number of nitrogen functional groups attached to an aromatic ring is 1. The van der Waals surface area contributed by atoms with E-state index in [2.05, 4.69) is 23.7 Å². The van der Waals surface area contributed by atoms with Gasteiger partial charge in [0, 0.05) is 42.9 Å². The van der Waals surface area contributed by atoms with E-state index in [9.17, 15) is 9.59 Å². The van der Waals surface area contributed by atoms with Gasteiger partial charge in [0.2, 0.25) is 0 Å². The van der Waals surface area contributed by atoms with Gasteiger partial charge in [-0.1, -0.05) is 19.9 Å². The number of nitrogens with zero attached hydrogens (tertiary/aromatic N) is 2. The van der Waals surface area contributed by atoms with Gasteiger partial charge >= 0.3 is 0 Å². The van der Waals surface area contributed by atoms with Gasteiger partial charge in [0.05, 0.1) is 22.9 Å². The molecule has 0 saturated heterocycles. The fraction of sp³-hybridized carbons (Fsp3) is 0.269. The van der Waals surface area contributed by atoms with Gasteiger partial charge in [-0.3, -0.25) is 14.5 Å². The number of benzene rings is 2. The maximum absolute atomic E-state index is 13.1. The highest BCUT2D eigenvalue weighted by molar-refractivity contribution is 5.77. The van der Waals surface area contributed by atoms with Crippen LogP contribution in [0.3, 0.4) is 0 Å². The van der Waals surface area contributed by atoms with E-state index in [1.165, 1.54) is 0 Å². The zero-order valence-corrected chi connectivity index (χ0v) is 18.7. The first-order valence-electron chi connectivity index (χ1n) is 11.1. The maximum atomic E-state index is 13.1. The van der Waals surface area contributed by atoms with Gasteiger partial charge in [0.25, 0.3) is 5.56 Å². The second-order valence-electron chi connectivity index (χ2n) is 8.92. The fourth-order valence-electron chi connectivity index (χ4n) is 4.29. The average Bonchev–Trinajstić information content (AvgIpc) is 2.81. The zero-order valence-electron chi connectivity index (χ0n) is 18.7. The van der Waals surface area contributed by atoms with Gasteiger partial charge < -0.3 is 15.1 Å². The van der Waals surface area contributed by atoms with Crippen LogP contribution in [-0.4, -0.2) is 21.4 Å². The molecule has 4 aromatic rings. The van der Waals surface area contributed by atoms with E-state index in [1.54, 1.807) is 18.4 Å². The first kappa shape index (κ1) is 21.2. The monoisotopic (exact) mass is 442 g/mol. The minimum Gasteiger partial charge on any atom is -0.464 e. The third-order valence-corrected chi connectivity index (χ3v) is 6.26. The molecule has 2 aromatic carbocycles. The van der Waals surface area contributed by atoms with Crippen molar-refractivity contribution in [2.24, 2.45) is 0 Å². The third-order valence-electron chi connectivity index (χ3n) is 6.26. The van der Waals surface area contributed by atoms with Crippen LogP contribution in [0.25, 0.3) is 22.4 Å². The van der Waals surface area contributed by atoms with Crippen LogP contribution in [0.5, 0.6) is 0 Å². The standard InChI is InChI=1S/C26H26N4O3/c1-15(2)17-5-8-23-20(11-17)24(31)18(14-33-23)12-30-10-9-22-21(13-30)26(32)29-25(28-22)16-3-6-19(27)7-4-16/h3-8,11,14-15H,9-10,12-13,27H2,1-2H3,(H,28,29,32). The van der Waals surface area contributed by atoms with Crippen molar-refractivity contribution in [2.75, 3.05) is 12.3 Å². The van der Waals surface area contributed by atoms with Gasteiger partial charge in [-0.2, -0.15) is 0 Å². The minimum absolute atomic E-state index is 0.0183. The Hall–Kier alpha value is -3.71. The fourth-order valence-corrected chi connectivity index (χ4v) is 4.29. The number of nitrogens with two attached hydrogens (primary N) is 1. The highest BCUT2D eigenvalue weighted by Crippen LogP contribution is 2.22. The van der Waals surface area contributed by atoms with E-state index in [0.717, 1.165) is 16.8 Å². The quantitative estimate of drug-likeness (QED) is 0.466. The van der Waals surface area contributed by atoms with Crippen LogP contribution in [0.2, 0.25) is 0 Å². The summed E-state index contributed by atoms with van der Waals surface area (Å²) in [6.07, 6.45) is 2.18. The molecule has 1 aliphatic rings. The van der Waals surface area contributed by atoms with E-state index in [4.69, 9.17) is 15.1 Å². The number of hydrogen-bond acceptors (Lipinski definition) is 6. The second-order valence-corrected chi connectivity index (χ2v) is 8.92. The molecule has 3 heterocycles. The molecule has 0 bridgehead atoms. The highest BCUT2D eigenvalue weighted by atomic mass is 16.3. The van der Waals surface area contributed by atoms with Crippen molar-refractivity contribution in [3.8, 4) is 11.4 Å². The molecule has 7 nitrogen and oxygen atoms in total. The molecule has 0 amide bonds. The summed E-state index contributed by atoms with van der Waals surface area (Å²) < 4.78 is 5.75. The Bertz CT molecular complexity index is 1450. The Labute approximate surface area is 190 Å². The zero-order chi connectivity index (χ0) is 23.1. The molecule has 0 spiro atoms. The van der Waals surface area contributed by atoms with Crippen molar-refractivity contribution >= 4 is 16.7 Å².